The molecule has 8 heteroatoms. The number of rotatable bonds is 8. The maximum absolute atomic E-state index is 12.7. The maximum Gasteiger partial charge on any atom is 0.335 e. The predicted molar refractivity (Wildman–Crippen MR) is 93.0 cm³/mol. The van der Waals surface area contributed by atoms with Gasteiger partial charge in [-0.25, -0.2) is 13.2 Å². The first-order chi connectivity index (χ1) is 11.9. The molecule has 134 valence electrons. The molecule has 0 unspecified atom stereocenters. The van der Waals surface area contributed by atoms with Gasteiger partial charge in [0.2, 0.25) is 0 Å². The van der Waals surface area contributed by atoms with E-state index >= 15 is 0 Å². The molecule has 0 heterocycles. The Balaban J connectivity index is 2.43. The second-order valence-corrected chi connectivity index (χ2v) is 6.77. The molecule has 0 atom stereocenters. The number of hydrogen-bond acceptors (Lipinski definition) is 5. The van der Waals surface area contributed by atoms with E-state index in [2.05, 4.69) is 4.72 Å². The van der Waals surface area contributed by atoms with E-state index in [1.165, 1.54) is 19.2 Å². The van der Waals surface area contributed by atoms with Crippen LogP contribution in [0.1, 0.15) is 23.7 Å². The molecule has 0 bridgehead atoms. The van der Waals surface area contributed by atoms with Gasteiger partial charge in [0.05, 0.1) is 25.0 Å². The fourth-order valence-corrected chi connectivity index (χ4v) is 3.37. The van der Waals surface area contributed by atoms with E-state index < -0.39 is 16.0 Å². The SMILES string of the molecule is CCCOc1ccccc1NS(=O)(=O)c1cc(C(=O)O)ccc1OC. The summed E-state index contributed by atoms with van der Waals surface area (Å²) in [7, 11) is -2.77. The van der Waals surface area contributed by atoms with Crippen LogP contribution < -0.4 is 14.2 Å². The summed E-state index contributed by atoms with van der Waals surface area (Å²) in [5, 5.41) is 9.09. The summed E-state index contributed by atoms with van der Waals surface area (Å²) >= 11 is 0. The van der Waals surface area contributed by atoms with Crippen LogP contribution in [-0.2, 0) is 10.0 Å². The molecule has 0 aliphatic rings. The van der Waals surface area contributed by atoms with Gasteiger partial charge >= 0.3 is 5.97 Å². The highest BCUT2D eigenvalue weighted by molar-refractivity contribution is 7.92. The third-order valence-corrected chi connectivity index (χ3v) is 4.68. The average molecular weight is 365 g/mol. The molecule has 0 amide bonds. The lowest BCUT2D eigenvalue weighted by Gasteiger charge is -2.15. The van der Waals surface area contributed by atoms with Crippen molar-refractivity contribution >= 4 is 21.7 Å². The Labute approximate surface area is 146 Å². The fourth-order valence-electron chi connectivity index (χ4n) is 2.11. The van der Waals surface area contributed by atoms with E-state index in [1.807, 2.05) is 6.92 Å². The summed E-state index contributed by atoms with van der Waals surface area (Å²) in [6.07, 6.45) is 0.773. The van der Waals surface area contributed by atoms with Gasteiger partial charge in [-0.3, -0.25) is 4.72 Å². The summed E-state index contributed by atoms with van der Waals surface area (Å²) in [6.45, 7) is 2.38. The van der Waals surface area contributed by atoms with Crippen molar-refractivity contribution in [2.24, 2.45) is 0 Å². The predicted octanol–water partition coefficient (Wildman–Crippen LogP) is 2.98. The Hall–Kier alpha value is -2.74. The quantitative estimate of drug-likeness (QED) is 0.746. The van der Waals surface area contributed by atoms with Gasteiger partial charge in [0, 0.05) is 0 Å². The molecule has 0 spiro atoms. The molecule has 2 rings (SSSR count). The third-order valence-electron chi connectivity index (χ3n) is 3.29. The molecule has 7 nitrogen and oxygen atoms in total. The number of ether oxygens (including phenoxy) is 2. The topological polar surface area (TPSA) is 102 Å². The highest BCUT2D eigenvalue weighted by Gasteiger charge is 2.23. The van der Waals surface area contributed by atoms with E-state index in [9.17, 15) is 13.2 Å². The number of nitrogens with one attached hydrogen (secondary N) is 1. The number of anilines is 1. The molecule has 0 aromatic heterocycles. The van der Waals surface area contributed by atoms with Crippen molar-refractivity contribution in [3.63, 3.8) is 0 Å². The van der Waals surface area contributed by atoms with Crippen LogP contribution in [0.2, 0.25) is 0 Å². The molecular formula is C17H19NO6S. The number of sulfonamides is 1. The van der Waals surface area contributed by atoms with Gasteiger partial charge < -0.3 is 14.6 Å². The smallest absolute Gasteiger partial charge is 0.335 e. The number of aromatic carboxylic acids is 1. The van der Waals surface area contributed by atoms with Crippen molar-refractivity contribution in [1.82, 2.24) is 0 Å². The van der Waals surface area contributed by atoms with Crippen LogP contribution in [0.15, 0.2) is 47.4 Å². The first kappa shape index (κ1) is 18.6. The molecule has 0 radical (unpaired) electrons. The summed E-state index contributed by atoms with van der Waals surface area (Å²) in [5.41, 5.74) is 0.107. The number of carbonyl (C=O) groups is 1. The first-order valence-corrected chi connectivity index (χ1v) is 9.03. The highest BCUT2D eigenvalue weighted by Crippen LogP contribution is 2.30. The highest BCUT2D eigenvalue weighted by atomic mass is 32.2. The van der Waals surface area contributed by atoms with Crippen LogP contribution in [-0.4, -0.2) is 33.2 Å². The van der Waals surface area contributed by atoms with E-state index in [0.717, 1.165) is 12.5 Å². The average Bonchev–Trinajstić information content (AvgIpc) is 2.60. The lowest BCUT2D eigenvalue weighted by atomic mass is 10.2. The third kappa shape index (κ3) is 4.42. The molecule has 0 aliphatic heterocycles. The zero-order chi connectivity index (χ0) is 18.4. The van der Waals surface area contributed by atoms with Gasteiger partial charge in [-0.1, -0.05) is 19.1 Å². The van der Waals surface area contributed by atoms with Gasteiger partial charge in [-0.05, 0) is 36.8 Å². The molecule has 25 heavy (non-hydrogen) atoms. The molecular weight excluding hydrogens is 346 g/mol. The molecule has 0 aliphatic carbocycles. The minimum atomic E-state index is -4.08. The van der Waals surface area contributed by atoms with Gasteiger partial charge in [-0.15, -0.1) is 0 Å². The summed E-state index contributed by atoms with van der Waals surface area (Å²) < 4.78 is 38.5. The number of carboxylic acid groups (broad SMARTS) is 1. The van der Waals surface area contributed by atoms with Crippen molar-refractivity contribution in [2.45, 2.75) is 18.2 Å². The lowest BCUT2D eigenvalue weighted by Crippen LogP contribution is -2.16. The zero-order valence-corrected chi connectivity index (χ0v) is 14.7. The summed E-state index contributed by atoms with van der Waals surface area (Å²) in [5.74, 6) is -0.795. The van der Waals surface area contributed by atoms with Crippen LogP contribution in [0.5, 0.6) is 11.5 Å². The monoisotopic (exact) mass is 365 g/mol. The summed E-state index contributed by atoms with van der Waals surface area (Å²) in [6, 6.07) is 10.2. The summed E-state index contributed by atoms with van der Waals surface area (Å²) in [4.78, 5) is 10.9. The van der Waals surface area contributed by atoms with Gasteiger partial charge in [0.1, 0.15) is 16.4 Å². The Bertz CT molecular complexity index is 863. The molecule has 0 saturated heterocycles. The molecule has 2 aromatic carbocycles. The minimum absolute atomic E-state index is 0.0458. The Morgan fingerprint density at radius 2 is 1.88 bits per heavy atom. The van der Waals surface area contributed by atoms with Crippen LogP contribution in [0.3, 0.4) is 0 Å². The largest absolute Gasteiger partial charge is 0.495 e. The minimum Gasteiger partial charge on any atom is -0.495 e. The Kier molecular flexibility index (Phi) is 5.87. The molecule has 0 saturated carbocycles. The maximum atomic E-state index is 12.7. The number of hydrogen-bond donors (Lipinski definition) is 2. The van der Waals surface area contributed by atoms with Crippen LogP contribution >= 0.6 is 0 Å². The van der Waals surface area contributed by atoms with Crippen molar-refractivity contribution in [2.75, 3.05) is 18.4 Å². The lowest BCUT2D eigenvalue weighted by molar-refractivity contribution is 0.0696. The fraction of sp³-hybridized carbons (Fsp3) is 0.235. The van der Waals surface area contributed by atoms with Crippen molar-refractivity contribution in [3.05, 3.63) is 48.0 Å². The number of carboxylic acids is 1. The first-order valence-electron chi connectivity index (χ1n) is 7.55. The van der Waals surface area contributed by atoms with Crippen molar-refractivity contribution in [3.8, 4) is 11.5 Å². The second-order valence-electron chi connectivity index (χ2n) is 5.12. The van der Waals surface area contributed by atoms with E-state index in [-0.39, 0.29) is 21.9 Å². The van der Waals surface area contributed by atoms with Gasteiger partial charge in [0.15, 0.2) is 0 Å². The van der Waals surface area contributed by atoms with E-state index in [1.54, 1.807) is 24.3 Å². The van der Waals surface area contributed by atoms with E-state index in [0.29, 0.717) is 12.4 Å². The molecule has 0 fully saturated rings. The standard InChI is InChI=1S/C17H19NO6S/c1-3-10-24-14-7-5-4-6-13(14)18-25(21,22)16-11-12(17(19)20)8-9-15(16)23-2/h4-9,11,18H,3,10H2,1-2H3,(H,19,20). The van der Waals surface area contributed by atoms with Crippen molar-refractivity contribution in [1.29, 1.82) is 0 Å². The number of benzene rings is 2. The van der Waals surface area contributed by atoms with E-state index in [4.69, 9.17) is 14.6 Å². The van der Waals surface area contributed by atoms with Crippen molar-refractivity contribution < 1.29 is 27.8 Å². The van der Waals surface area contributed by atoms with Crippen LogP contribution in [0.25, 0.3) is 0 Å². The van der Waals surface area contributed by atoms with Gasteiger partial charge in [-0.2, -0.15) is 0 Å². The number of methoxy groups -OCH3 is 1. The van der Waals surface area contributed by atoms with Crippen LogP contribution in [0, 0.1) is 0 Å². The second kappa shape index (κ2) is 7.89. The van der Waals surface area contributed by atoms with Gasteiger partial charge in [0.25, 0.3) is 10.0 Å². The Morgan fingerprint density at radius 3 is 2.52 bits per heavy atom. The zero-order valence-electron chi connectivity index (χ0n) is 13.9. The molecule has 2 aromatic rings. The molecule has 2 N–H and O–H groups in total. The van der Waals surface area contributed by atoms with Crippen LogP contribution in [0.4, 0.5) is 5.69 Å². The number of para-hydroxylation sites is 2. The Morgan fingerprint density at radius 1 is 1.16 bits per heavy atom. The normalized spacial score (nSPS) is 11.0.